The number of hydrogen-bond acceptors (Lipinski definition) is 2. The van der Waals surface area contributed by atoms with Crippen LogP contribution >= 0.6 is 0 Å². The van der Waals surface area contributed by atoms with Crippen molar-refractivity contribution in [3.8, 4) is 5.75 Å². The van der Waals surface area contributed by atoms with Crippen LogP contribution in [0.5, 0.6) is 5.75 Å². The number of aromatic nitrogens is 1. The van der Waals surface area contributed by atoms with Crippen LogP contribution in [0.15, 0.2) is 36.4 Å². The van der Waals surface area contributed by atoms with E-state index in [0.29, 0.717) is 0 Å². The standard InChI is InChI=1S/C20H19NO2/c1-11-5-7-14-16(9-11)21-19-17(14)18(22)13-8-6-12(23-4)10-15(13)20(19,2)3/h5-10,21H,1-4H3. The van der Waals surface area contributed by atoms with Gasteiger partial charge >= 0.3 is 0 Å². The van der Waals surface area contributed by atoms with Gasteiger partial charge in [0.05, 0.1) is 12.7 Å². The van der Waals surface area contributed by atoms with Crippen molar-refractivity contribution >= 4 is 16.7 Å². The maximum atomic E-state index is 13.1. The summed E-state index contributed by atoms with van der Waals surface area (Å²) in [6, 6.07) is 11.9. The highest BCUT2D eigenvalue weighted by molar-refractivity contribution is 6.20. The van der Waals surface area contributed by atoms with Crippen LogP contribution in [0.25, 0.3) is 10.9 Å². The first-order valence-electron chi connectivity index (χ1n) is 7.79. The summed E-state index contributed by atoms with van der Waals surface area (Å²) in [5, 5.41) is 1.00. The van der Waals surface area contributed by atoms with Crippen LogP contribution in [0.2, 0.25) is 0 Å². The van der Waals surface area contributed by atoms with Gasteiger partial charge in [-0.15, -0.1) is 0 Å². The summed E-state index contributed by atoms with van der Waals surface area (Å²) >= 11 is 0. The molecule has 0 atom stereocenters. The van der Waals surface area contributed by atoms with Crippen molar-refractivity contribution in [2.24, 2.45) is 0 Å². The molecule has 1 N–H and O–H groups in total. The van der Waals surface area contributed by atoms with E-state index in [1.807, 2.05) is 24.3 Å². The average molecular weight is 305 g/mol. The fourth-order valence-corrected chi connectivity index (χ4v) is 3.65. The Labute approximate surface area is 135 Å². The maximum absolute atomic E-state index is 13.1. The highest BCUT2D eigenvalue weighted by Crippen LogP contribution is 2.44. The zero-order chi connectivity index (χ0) is 16.4. The number of fused-ring (bicyclic) bond motifs is 4. The number of aromatic amines is 1. The molecule has 116 valence electrons. The van der Waals surface area contributed by atoms with Crippen LogP contribution < -0.4 is 4.74 Å². The number of ether oxygens (including phenoxy) is 1. The largest absolute Gasteiger partial charge is 0.497 e. The Hall–Kier alpha value is -2.55. The number of methoxy groups -OCH3 is 1. The quantitative estimate of drug-likeness (QED) is 0.726. The molecule has 0 aliphatic heterocycles. The molecule has 1 aliphatic carbocycles. The van der Waals surface area contributed by atoms with Gasteiger partial charge in [0.25, 0.3) is 0 Å². The van der Waals surface area contributed by atoms with Gasteiger partial charge in [-0.3, -0.25) is 4.79 Å². The minimum atomic E-state index is -0.278. The Morgan fingerprint density at radius 2 is 1.87 bits per heavy atom. The smallest absolute Gasteiger partial charge is 0.195 e. The number of benzene rings is 2. The fourth-order valence-electron chi connectivity index (χ4n) is 3.65. The molecule has 3 aromatic rings. The average Bonchev–Trinajstić information content (AvgIpc) is 2.92. The number of H-pyrrole nitrogens is 1. The third kappa shape index (κ3) is 1.79. The summed E-state index contributed by atoms with van der Waals surface area (Å²) in [6.45, 7) is 6.36. The molecule has 3 nitrogen and oxygen atoms in total. The first kappa shape index (κ1) is 14.1. The van der Waals surface area contributed by atoms with Gasteiger partial charge in [-0.25, -0.2) is 0 Å². The molecule has 2 aromatic carbocycles. The third-order valence-corrected chi connectivity index (χ3v) is 4.95. The second kappa shape index (κ2) is 4.48. The number of carbonyl (C=O) groups excluding carboxylic acids is 1. The molecular formula is C20H19NO2. The lowest BCUT2D eigenvalue weighted by atomic mass is 9.71. The maximum Gasteiger partial charge on any atom is 0.195 e. The van der Waals surface area contributed by atoms with Crippen molar-refractivity contribution in [2.45, 2.75) is 26.2 Å². The Morgan fingerprint density at radius 3 is 2.61 bits per heavy atom. The second-order valence-electron chi connectivity index (χ2n) is 6.79. The third-order valence-electron chi connectivity index (χ3n) is 4.95. The SMILES string of the molecule is COc1ccc2c(c1)C(C)(C)c1[nH]c3cc(C)ccc3c1C2=O. The molecule has 0 unspecified atom stereocenters. The van der Waals surface area contributed by atoms with Crippen molar-refractivity contribution in [3.05, 3.63) is 64.3 Å². The molecule has 3 heteroatoms. The summed E-state index contributed by atoms with van der Waals surface area (Å²) in [7, 11) is 1.65. The molecule has 1 aromatic heterocycles. The van der Waals surface area contributed by atoms with Crippen LogP contribution in [0.4, 0.5) is 0 Å². The Bertz CT molecular complexity index is 963. The predicted octanol–water partition coefficient (Wildman–Crippen LogP) is 4.36. The van der Waals surface area contributed by atoms with E-state index in [2.05, 4.69) is 37.9 Å². The minimum Gasteiger partial charge on any atom is -0.497 e. The Balaban J connectivity index is 2.07. The minimum absolute atomic E-state index is 0.0899. The summed E-state index contributed by atoms with van der Waals surface area (Å²) in [5.41, 5.74) is 5.51. The molecular weight excluding hydrogens is 286 g/mol. The van der Waals surface area contributed by atoms with Gasteiger partial charge in [-0.05, 0) is 42.3 Å². The van der Waals surface area contributed by atoms with Crippen molar-refractivity contribution < 1.29 is 9.53 Å². The summed E-state index contributed by atoms with van der Waals surface area (Å²) < 4.78 is 5.35. The van der Waals surface area contributed by atoms with Gasteiger partial charge in [0.1, 0.15) is 5.75 Å². The van der Waals surface area contributed by atoms with Crippen molar-refractivity contribution in [1.82, 2.24) is 4.98 Å². The van der Waals surface area contributed by atoms with Gasteiger partial charge < -0.3 is 9.72 Å². The molecule has 23 heavy (non-hydrogen) atoms. The highest BCUT2D eigenvalue weighted by atomic mass is 16.5. The highest BCUT2D eigenvalue weighted by Gasteiger charge is 2.39. The lowest BCUT2D eigenvalue weighted by Gasteiger charge is -2.32. The number of ketones is 1. The van der Waals surface area contributed by atoms with E-state index in [4.69, 9.17) is 4.74 Å². The number of aryl methyl sites for hydroxylation is 1. The van der Waals surface area contributed by atoms with Gasteiger partial charge in [0.2, 0.25) is 0 Å². The van der Waals surface area contributed by atoms with E-state index in [1.54, 1.807) is 7.11 Å². The summed E-state index contributed by atoms with van der Waals surface area (Å²) in [6.07, 6.45) is 0. The zero-order valence-corrected chi connectivity index (χ0v) is 13.8. The molecule has 0 fully saturated rings. The van der Waals surface area contributed by atoms with E-state index < -0.39 is 0 Å². The molecule has 4 rings (SSSR count). The lowest BCUT2D eigenvalue weighted by molar-refractivity contribution is 0.103. The molecule has 0 saturated carbocycles. The van der Waals surface area contributed by atoms with Crippen LogP contribution in [0.3, 0.4) is 0 Å². The second-order valence-corrected chi connectivity index (χ2v) is 6.79. The molecule has 1 heterocycles. The van der Waals surface area contributed by atoms with Crippen molar-refractivity contribution in [2.75, 3.05) is 7.11 Å². The van der Waals surface area contributed by atoms with Crippen LogP contribution in [0.1, 0.15) is 46.6 Å². The normalized spacial score (nSPS) is 15.4. The lowest BCUT2D eigenvalue weighted by Crippen LogP contribution is -2.30. The predicted molar refractivity (Wildman–Crippen MR) is 91.6 cm³/mol. The van der Waals surface area contributed by atoms with Crippen molar-refractivity contribution in [1.29, 1.82) is 0 Å². The van der Waals surface area contributed by atoms with E-state index in [1.165, 1.54) is 5.56 Å². The van der Waals surface area contributed by atoms with Crippen molar-refractivity contribution in [3.63, 3.8) is 0 Å². The van der Waals surface area contributed by atoms with E-state index in [0.717, 1.165) is 39.0 Å². The topological polar surface area (TPSA) is 42.1 Å². The fraction of sp³-hybridized carbons (Fsp3) is 0.250. The van der Waals surface area contributed by atoms with E-state index in [-0.39, 0.29) is 11.2 Å². The molecule has 0 amide bonds. The molecule has 0 radical (unpaired) electrons. The monoisotopic (exact) mass is 305 g/mol. The first-order chi connectivity index (χ1) is 10.9. The van der Waals surface area contributed by atoms with Gasteiger partial charge in [0, 0.05) is 27.6 Å². The molecule has 1 aliphatic rings. The van der Waals surface area contributed by atoms with E-state index >= 15 is 0 Å². The van der Waals surface area contributed by atoms with Gasteiger partial charge in [0.15, 0.2) is 5.78 Å². The molecule has 0 spiro atoms. The number of nitrogens with one attached hydrogen (secondary N) is 1. The Kier molecular flexibility index (Phi) is 2.74. The molecule has 0 bridgehead atoms. The summed E-state index contributed by atoms with van der Waals surface area (Å²) in [4.78, 5) is 16.6. The number of hydrogen-bond donors (Lipinski definition) is 1. The van der Waals surface area contributed by atoms with E-state index in [9.17, 15) is 4.79 Å². The number of carbonyl (C=O) groups is 1. The van der Waals surface area contributed by atoms with Crippen LogP contribution in [-0.4, -0.2) is 17.9 Å². The zero-order valence-electron chi connectivity index (χ0n) is 13.8. The molecule has 0 saturated heterocycles. The Morgan fingerprint density at radius 1 is 1.09 bits per heavy atom. The first-order valence-corrected chi connectivity index (χ1v) is 7.79. The van der Waals surface area contributed by atoms with Gasteiger partial charge in [-0.1, -0.05) is 26.0 Å². The summed E-state index contributed by atoms with van der Waals surface area (Å²) in [5.74, 6) is 0.868. The number of rotatable bonds is 1. The van der Waals surface area contributed by atoms with Crippen LogP contribution in [-0.2, 0) is 5.41 Å². The van der Waals surface area contributed by atoms with Crippen LogP contribution in [0, 0.1) is 6.92 Å². The van der Waals surface area contributed by atoms with Gasteiger partial charge in [-0.2, -0.15) is 0 Å².